The summed E-state index contributed by atoms with van der Waals surface area (Å²) >= 11 is 3.31. The predicted molar refractivity (Wildman–Crippen MR) is 82.6 cm³/mol. The van der Waals surface area contributed by atoms with Crippen LogP contribution in [0.5, 0.6) is 5.75 Å². The molecule has 2 heterocycles. The van der Waals surface area contributed by atoms with Crippen LogP contribution in [0, 0.1) is 0 Å². The largest absolute Gasteiger partial charge is 1.00 e. The molecule has 0 saturated heterocycles. The van der Waals surface area contributed by atoms with E-state index in [4.69, 9.17) is 4.74 Å². The number of fused-ring (bicyclic) bond motifs is 1. The summed E-state index contributed by atoms with van der Waals surface area (Å²) in [5.74, 6) is -1.47. The van der Waals surface area contributed by atoms with Gasteiger partial charge in [0.25, 0.3) is 5.91 Å². The Morgan fingerprint density at radius 1 is 1.42 bits per heavy atom. The number of hydrogen-bond acceptors (Lipinski definition) is 5. The average molecular weight is 399 g/mol. The Hall–Kier alpha value is -1.41. The second-order valence-electron chi connectivity index (χ2n) is 5.05. The third-order valence-electron chi connectivity index (χ3n) is 3.72. The number of nitrogens with zero attached hydrogens (tertiary/aromatic N) is 2. The number of benzene rings is 1. The molecule has 0 fully saturated rings. The Labute approximate surface area is 169 Å². The number of amides is 1. The molecule has 0 saturated carbocycles. The number of hydrogen-bond donors (Lipinski definition) is 0. The first-order valence-electron chi connectivity index (χ1n) is 6.82. The van der Waals surface area contributed by atoms with Crippen molar-refractivity contribution in [3.8, 4) is 5.75 Å². The van der Waals surface area contributed by atoms with Crippen molar-refractivity contribution in [2.75, 3.05) is 7.11 Å². The SMILES string of the molecule is COc1cccnc1C(C(=O)[O-])N1Cc2ccc(Br)cc2C1=O.[Na+]. The minimum atomic E-state index is -1.40. The standard InChI is InChI=1S/C16H13BrN2O4.Na/c1-23-12-3-2-6-18-13(12)14(16(21)22)19-8-9-4-5-10(17)7-11(9)15(19)20;/h2-7,14H,8H2,1H3,(H,21,22);/q;+1/p-1. The van der Waals surface area contributed by atoms with E-state index < -0.39 is 12.0 Å². The molecule has 1 aliphatic rings. The molecule has 0 aliphatic carbocycles. The topological polar surface area (TPSA) is 82.6 Å². The van der Waals surface area contributed by atoms with Gasteiger partial charge < -0.3 is 19.5 Å². The van der Waals surface area contributed by atoms with Gasteiger partial charge in [-0.2, -0.15) is 0 Å². The van der Waals surface area contributed by atoms with Crippen molar-refractivity contribution < 1.29 is 49.0 Å². The number of rotatable bonds is 4. The van der Waals surface area contributed by atoms with Crippen LogP contribution in [-0.2, 0) is 11.3 Å². The van der Waals surface area contributed by atoms with Gasteiger partial charge in [-0.15, -0.1) is 0 Å². The van der Waals surface area contributed by atoms with Crippen LogP contribution in [0.2, 0.25) is 0 Å². The molecule has 6 nitrogen and oxygen atoms in total. The van der Waals surface area contributed by atoms with Gasteiger partial charge in [0.1, 0.15) is 17.5 Å². The number of carboxylic acids is 1. The third-order valence-corrected chi connectivity index (χ3v) is 4.21. The number of carboxylic acid groups (broad SMARTS) is 1. The Morgan fingerprint density at radius 2 is 2.17 bits per heavy atom. The van der Waals surface area contributed by atoms with E-state index >= 15 is 0 Å². The summed E-state index contributed by atoms with van der Waals surface area (Å²) in [5, 5.41) is 11.7. The second-order valence-corrected chi connectivity index (χ2v) is 5.96. The number of methoxy groups -OCH3 is 1. The van der Waals surface area contributed by atoms with Crippen LogP contribution in [0.25, 0.3) is 0 Å². The van der Waals surface area contributed by atoms with Crippen LogP contribution in [0.3, 0.4) is 0 Å². The number of aromatic nitrogens is 1. The van der Waals surface area contributed by atoms with E-state index in [-0.39, 0.29) is 47.7 Å². The normalized spacial score (nSPS) is 13.9. The first kappa shape index (κ1) is 18.9. The quantitative estimate of drug-likeness (QED) is 0.573. The Bertz CT molecular complexity index is 799. The van der Waals surface area contributed by atoms with Gasteiger partial charge in [0.05, 0.1) is 13.1 Å². The number of halogens is 1. The van der Waals surface area contributed by atoms with Gasteiger partial charge in [-0.25, -0.2) is 0 Å². The molecule has 24 heavy (non-hydrogen) atoms. The minimum Gasteiger partial charge on any atom is -0.547 e. The number of pyridine rings is 1. The summed E-state index contributed by atoms with van der Waals surface area (Å²) in [4.78, 5) is 29.6. The maximum absolute atomic E-state index is 12.6. The first-order valence-corrected chi connectivity index (χ1v) is 7.61. The number of carbonyl (C=O) groups is 2. The van der Waals surface area contributed by atoms with E-state index in [0.29, 0.717) is 11.3 Å². The minimum absolute atomic E-state index is 0. The Morgan fingerprint density at radius 3 is 2.83 bits per heavy atom. The van der Waals surface area contributed by atoms with E-state index in [1.807, 2.05) is 6.07 Å². The smallest absolute Gasteiger partial charge is 0.547 e. The van der Waals surface area contributed by atoms with E-state index in [0.717, 1.165) is 10.0 Å². The van der Waals surface area contributed by atoms with Crippen LogP contribution < -0.4 is 39.4 Å². The van der Waals surface area contributed by atoms with Gasteiger partial charge in [0.15, 0.2) is 0 Å². The van der Waals surface area contributed by atoms with Crippen molar-refractivity contribution in [2.24, 2.45) is 0 Å². The third kappa shape index (κ3) is 3.35. The molecular formula is C16H12BrN2NaO4. The summed E-state index contributed by atoms with van der Waals surface area (Å²) in [5.41, 5.74) is 1.38. The van der Waals surface area contributed by atoms with Crippen LogP contribution in [0.4, 0.5) is 0 Å². The summed E-state index contributed by atoms with van der Waals surface area (Å²) in [6.07, 6.45) is 1.46. The predicted octanol–water partition coefficient (Wildman–Crippen LogP) is -1.70. The summed E-state index contributed by atoms with van der Waals surface area (Å²) in [6, 6.07) is 7.20. The zero-order chi connectivity index (χ0) is 16.6. The van der Waals surface area contributed by atoms with Gasteiger partial charge in [-0.05, 0) is 29.8 Å². The molecule has 1 atom stereocenters. The fourth-order valence-electron chi connectivity index (χ4n) is 2.67. The van der Waals surface area contributed by atoms with Crippen molar-refractivity contribution in [2.45, 2.75) is 12.6 Å². The molecule has 0 radical (unpaired) electrons. The molecule has 1 aromatic carbocycles. The molecule has 0 spiro atoms. The molecule has 1 unspecified atom stereocenters. The van der Waals surface area contributed by atoms with Crippen LogP contribution in [-0.4, -0.2) is 28.9 Å². The van der Waals surface area contributed by atoms with Gasteiger partial charge in [-0.3, -0.25) is 9.78 Å². The zero-order valence-electron chi connectivity index (χ0n) is 13.2. The fourth-order valence-corrected chi connectivity index (χ4v) is 3.03. The van der Waals surface area contributed by atoms with Crippen LogP contribution >= 0.6 is 15.9 Å². The van der Waals surface area contributed by atoms with Gasteiger partial charge in [-0.1, -0.05) is 22.0 Å². The molecule has 8 heteroatoms. The fraction of sp³-hybridized carbons (Fsp3) is 0.188. The van der Waals surface area contributed by atoms with E-state index in [2.05, 4.69) is 20.9 Å². The second kappa shape index (κ2) is 7.65. The molecule has 118 valence electrons. The maximum Gasteiger partial charge on any atom is 1.00 e. The Kier molecular flexibility index (Phi) is 6.03. The molecule has 1 aliphatic heterocycles. The Balaban J connectivity index is 0.00000208. The maximum atomic E-state index is 12.6. The molecule has 1 aromatic heterocycles. The summed E-state index contributed by atoms with van der Waals surface area (Å²) < 4.78 is 5.92. The van der Waals surface area contributed by atoms with Crippen molar-refractivity contribution in [3.05, 3.63) is 57.8 Å². The monoisotopic (exact) mass is 398 g/mol. The van der Waals surface area contributed by atoms with Crippen molar-refractivity contribution >= 4 is 27.8 Å². The summed E-state index contributed by atoms with van der Waals surface area (Å²) in [6.45, 7) is 0.180. The van der Waals surface area contributed by atoms with Crippen LogP contribution in [0.1, 0.15) is 27.7 Å². The number of carbonyl (C=O) groups excluding carboxylic acids is 2. The molecule has 0 bridgehead atoms. The van der Waals surface area contributed by atoms with E-state index in [9.17, 15) is 14.7 Å². The summed E-state index contributed by atoms with van der Waals surface area (Å²) in [7, 11) is 1.42. The van der Waals surface area contributed by atoms with Gasteiger partial charge in [0, 0.05) is 22.8 Å². The van der Waals surface area contributed by atoms with Gasteiger partial charge >= 0.3 is 29.6 Å². The van der Waals surface area contributed by atoms with Crippen LogP contribution in [0.15, 0.2) is 41.0 Å². The number of ether oxygens (including phenoxy) is 1. The zero-order valence-corrected chi connectivity index (χ0v) is 16.7. The molecule has 0 N–H and O–H groups in total. The van der Waals surface area contributed by atoms with E-state index in [1.54, 1.807) is 24.3 Å². The van der Waals surface area contributed by atoms with Gasteiger partial charge in [0.2, 0.25) is 0 Å². The van der Waals surface area contributed by atoms with Crippen molar-refractivity contribution in [1.82, 2.24) is 9.88 Å². The number of aliphatic carboxylic acids is 1. The first-order chi connectivity index (χ1) is 11.0. The van der Waals surface area contributed by atoms with Crippen molar-refractivity contribution in [3.63, 3.8) is 0 Å². The molecule has 2 aromatic rings. The molecule has 3 rings (SSSR count). The molecular weight excluding hydrogens is 387 g/mol. The van der Waals surface area contributed by atoms with Crippen molar-refractivity contribution in [1.29, 1.82) is 0 Å². The van der Waals surface area contributed by atoms with E-state index in [1.165, 1.54) is 18.2 Å². The average Bonchev–Trinajstić information content (AvgIpc) is 2.84. The molecule has 1 amide bonds.